The van der Waals surface area contributed by atoms with E-state index in [2.05, 4.69) is 0 Å². The van der Waals surface area contributed by atoms with Crippen LogP contribution in [0.5, 0.6) is 11.5 Å². The average molecular weight is 376 g/mol. The molecule has 0 heterocycles. The van der Waals surface area contributed by atoms with Crippen LogP contribution in [0.25, 0.3) is 0 Å². The third kappa shape index (κ3) is 4.29. The number of carbonyl (C=O) groups is 2. The molecule has 0 spiro atoms. The number of nitrogen functional groups attached to an aromatic ring is 2. The molecular formula is C22H20N2O4. The lowest BCUT2D eigenvalue weighted by Gasteiger charge is -2.08. The van der Waals surface area contributed by atoms with Crippen LogP contribution in [-0.4, -0.2) is 11.9 Å². The predicted octanol–water partition coefficient (Wildman–Crippen LogP) is 3.91. The Kier molecular flexibility index (Phi) is 5.31. The average Bonchev–Trinajstić information content (AvgIpc) is 2.67. The molecule has 0 atom stereocenters. The molecule has 3 aromatic carbocycles. The molecule has 4 N–H and O–H groups in total. The number of ether oxygens (including phenoxy) is 2. The molecule has 0 aliphatic heterocycles. The highest BCUT2D eigenvalue weighted by Crippen LogP contribution is 2.21. The first-order chi connectivity index (χ1) is 13.3. The molecule has 3 aromatic rings. The molecule has 6 heteroatoms. The van der Waals surface area contributed by atoms with Crippen LogP contribution in [0.2, 0.25) is 0 Å². The van der Waals surface area contributed by atoms with Crippen LogP contribution in [-0.2, 0) is 0 Å². The number of hydrogen-bond donors (Lipinski definition) is 2. The summed E-state index contributed by atoms with van der Waals surface area (Å²) in [6, 6.07) is 16.0. The van der Waals surface area contributed by atoms with Crippen molar-refractivity contribution in [1.82, 2.24) is 0 Å². The molecule has 0 bridgehead atoms. The second kappa shape index (κ2) is 7.84. The number of aryl methyl sites for hydroxylation is 2. The fraction of sp³-hybridized carbons (Fsp3) is 0.0909. The largest absolute Gasteiger partial charge is 0.423 e. The topological polar surface area (TPSA) is 105 Å². The molecule has 0 fully saturated rings. The van der Waals surface area contributed by atoms with Crippen molar-refractivity contribution in [3.63, 3.8) is 0 Å². The van der Waals surface area contributed by atoms with Crippen LogP contribution in [0, 0.1) is 13.8 Å². The van der Waals surface area contributed by atoms with Gasteiger partial charge in [-0.25, -0.2) is 9.59 Å². The molecule has 0 aliphatic carbocycles. The van der Waals surface area contributed by atoms with Gasteiger partial charge >= 0.3 is 11.9 Å². The zero-order valence-electron chi connectivity index (χ0n) is 15.6. The third-order valence-corrected chi connectivity index (χ3v) is 4.26. The van der Waals surface area contributed by atoms with Gasteiger partial charge in [-0.3, -0.25) is 0 Å². The standard InChI is InChI=1S/C22H20N2O4/c1-13-11-17(7-9-19(13)23)27-21(25)15-3-5-16(6-4-15)22(26)28-18-8-10-20(24)14(2)12-18/h3-12H,23-24H2,1-2H3. The van der Waals surface area contributed by atoms with Gasteiger partial charge < -0.3 is 20.9 Å². The lowest BCUT2D eigenvalue weighted by atomic mass is 10.1. The van der Waals surface area contributed by atoms with Gasteiger partial charge in [0.2, 0.25) is 0 Å². The molecule has 0 amide bonds. The summed E-state index contributed by atoms with van der Waals surface area (Å²) < 4.78 is 10.7. The van der Waals surface area contributed by atoms with E-state index in [1.54, 1.807) is 36.4 Å². The molecule has 3 rings (SSSR count). The number of anilines is 2. The normalized spacial score (nSPS) is 10.4. The Morgan fingerprint density at radius 3 is 1.32 bits per heavy atom. The number of benzene rings is 3. The Balaban J connectivity index is 1.67. The van der Waals surface area contributed by atoms with Crippen molar-refractivity contribution in [2.24, 2.45) is 0 Å². The summed E-state index contributed by atoms with van der Waals surface area (Å²) in [4.78, 5) is 24.5. The smallest absolute Gasteiger partial charge is 0.343 e. The van der Waals surface area contributed by atoms with Crippen LogP contribution in [0.1, 0.15) is 31.8 Å². The Bertz CT molecular complexity index is 958. The van der Waals surface area contributed by atoms with Gasteiger partial charge in [0, 0.05) is 11.4 Å². The van der Waals surface area contributed by atoms with E-state index in [1.165, 1.54) is 24.3 Å². The quantitative estimate of drug-likeness (QED) is 0.406. The molecule has 0 saturated heterocycles. The Hall–Kier alpha value is -3.80. The first-order valence-corrected chi connectivity index (χ1v) is 8.60. The summed E-state index contributed by atoms with van der Waals surface area (Å²) in [5.41, 5.74) is 15.0. The molecule has 0 unspecified atom stereocenters. The molecule has 0 aliphatic rings. The maximum absolute atomic E-state index is 12.3. The SMILES string of the molecule is Cc1cc(OC(=O)c2ccc(C(=O)Oc3ccc(N)c(C)c3)cc2)ccc1N. The molecule has 142 valence electrons. The lowest BCUT2D eigenvalue weighted by Crippen LogP contribution is -2.11. The number of hydrogen-bond acceptors (Lipinski definition) is 6. The van der Waals surface area contributed by atoms with Crippen molar-refractivity contribution in [2.45, 2.75) is 13.8 Å². The first-order valence-electron chi connectivity index (χ1n) is 8.60. The monoisotopic (exact) mass is 376 g/mol. The van der Waals surface area contributed by atoms with Crippen LogP contribution in [0.4, 0.5) is 11.4 Å². The maximum Gasteiger partial charge on any atom is 0.343 e. The number of rotatable bonds is 4. The van der Waals surface area contributed by atoms with Gasteiger partial charge in [0.25, 0.3) is 0 Å². The van der Waals surface area contributed by atoms with E-state index in [9.17, 15) is 9.59 Å². The highest BCUT2D eigenvalue weighted by atomic mass is 16.5. The van der Waals surface area contributed by atoms with Crippen LogP contribution < -0.4 is 20.9 Å². The molecule has 6 nitrogen and oxygen atoms in total. The summed E-state index contributed by atoms with van der Waals surface area (Å²) in [5.74, 6) is -0.255. The Morgan fingerprint density at radius 2 is 1.00 bits per heavy atom. The van der Waals surface area contributed by atoms with Crippen molar-refractivity contribution >= 4 is 23.3 Å². The Morgan fingerprint density at radius 1 is 0.643 bits per heavy atom. The maximum atomic E-state index is 12.3. The van der Waals surface area contributed by atoms with E-state index in [1.807, 2.05) is 13.8 Å². The summed E-state index contributed by atoms with van der Waals surface area (Å²) in [6.07, 6.45) is 0. The van der Waals surface area contributed by atoms with Crippen molar-refractivity contribution in [1.29, 1.82) is 0 Å². The van der Waals surface area contributed by atoms with Crippen molar-refractivity contribution in [3.8, 4) is 11.5 Å². The Labute approximate surface area is 162 Å². The van der Waals surface area contributed by atoms with Gasteiger partial charge in [-0.1, -0.05) is 0 Å². The molecule has 0 radical (unpaired) electrons. The fourth-order valence-electron chi connectivity index (χ4n) is 2.50. The zero-order chi connectivity index (χ0) is 20.3. The minimum Gasteiger partial charge on any atom is -0.423 e. The predicted molar refractivity (Wildman–Crippen MR) is 108 cm³/mol. The van der Waals surface area contributed by atoms with Gasteiger partial charge in [0.05, 0.1) is 11.1 Å². The molecule has 28 heavy (non-hydrogen) atoms. The zero-order valence-corrected chi connectivity index (χ0v) is 15.6. The first kappa shape index (κ1) is 19.0. The van der Waals surface area contributed by atoms with E-state index in [0.29, 0.717) is 34.0 Å². The van der Waals surface area contributed by atoms with Crippen molar-refractivity contribution in [3.05, 3.63) is 82.9 Å². The summed E-state index contributed by atoms with van der Waals surface area (Å²) in [5, 5.41) is 0. The fourth-order valence-corrected chi connectivity index (χ4v) is 2.50. The second-order valence-electron chi connectivity index (χ2n) is 6.39. The minimum atomic E-state index is -0.529. The summed E-state index contributed by atoms with van der Waals surface area (Å²) in [6.45, 7) is 3.66. The molecule has 0 aromatic heterocycles. The van der Waals surface area contributed by atoms with E-state index in [4.69, 9.17) is 20.9 Å². The van der Waals surface area contributed by atoms with Crippen molar-refractivity contribution < 1.29 is 19.1 Å². The number of esters is 2. The number of carbonyl (C=O) groups excluding carboxylic acids is 2. The van der Waals surface area contributed by atoms with Gasteiger partial charge in [0.1, 0.15) is 11.5 Å². The summed E-state index contributed by atoms with van der Waals surface area (Å²) >= 11 is 0. The van der Waals surface area contributed by atoms with E-state index < -0.39 is 11.9 Å². The van der Waals surface area contributed by atoms with E-state index in [0.717, 1.165) is 11.1 Å². The van der Waals surface area contributed by atoms with E-state index >= 15 is 0 Å². The molecule has 0 saturated carbocycles. The highest BCUT2D eigenvalue weighted by Gasteiger charge is 2.13. The second-order valence-corrected chi connectivity index (χ2v) is 6.39. The molecular weight excluding hydrogens is 356 g/mol. The highest BCUT2D eigenvalue weighted by molar-refractivity contribution is 5.95. The van der Waals surface area contributed by atoms with Crippen molar-refractivity contribution in [2.75, 3.05) is 11.5 Å². The van der Waals surface area contributed by atoms with Crippen LogP contribution >= 0.6 is 0 Å². The van der Waals surface area contributed by atoms with Gasteiger partial charge in [0.15, 0.2) is 0 Å². The minimum absolute atomic E-state index is 0.314. The van der Waals surface area contributed by atoms with Crippen LogP contribution in [0.15, 0.2) is 60.7 Å². The van der Waals surface area contributed by atoms with Gasteiger partial charge in [-0.2, -0.15) is 0 Å². The van der Waals surface area contributed by atoms with Gasteiger partial charge in [-0.05, 0) is 85.6 Å². The summed E-state index contributed by atoms with van der Waals surface area (Å²) in [7, 11) is 0. The number of nitrogens with two attached hydrogens (primary N) is 2. The lowest BCUT2D eigenvalue weighted by molar-refractivity contribution is 0.0720. The van der Waals surface area contributed by atoms with E-state index in [-0.39, 0.29) is 0 Å². The van der Waals surface area contributed by atoms with Crippen LogP contribution in [0.3, 0.4) is 0 Å². The van der Waals surface area contributed by atoms with Gasteiger partial charge in [-0.15, -0.1) is 0 Å². The third-order valence-electron chi connectivity index (χ3n) is 4.26.